The second kappa shape index (κ2) is 3.47. The van der Waals surface area contributed by atoms with Gasteiger partial charge in [-0.3, -0.25) is 0 Å². The zero-order valence-electron chi connectivity index (χ0n) is 6.71. The molecule has 0 atom stereocenters. The monoisotopic (exact) mass is 152 g/mol. The minimum atomic E-state index is -0.347. The van der Waals surface area contributed by atoms with Crippen LogP contribution in [-0.4, -0.2) is 39.3 Å². The molecule has 0 saturated carbocycles. The number of quaternary nitrogens is 1. The van der Waals surface area contributed by atoms with Gasteiger partial charge in [0.1, 0.15) is 14.1 Å². The van der Waals surface area contributed by atoms with Crippen molar-refractivity contribution in [3.63, 3.8) is 0 Å². The first kappa shape index (κ1) is 9.31. The highest BCUT2D eigenvalue weighted by molar-refractivity contribution is 7.50. The molecule has 56 valence electrons. The van der Waals surface area contributed by atoms with Crippen LogP contribution in [-0.2, 0) is 9.46 Å². The van der Waals surface area contributed by atoms with Crippen molar-refractivity contribution in [3.8, 4) is 0 Å². The first-order valence-electron chi connectivity index (χ1n) is 2.74. The van der Waals surface area contributed by atoms with Crippen LogP contribution in [0.2, 0.25) is 0 Å². The van der Waals surface area contributed by atoms with Crippen LogP contribution in [0.5, 0.6) is 0 Å². The molecule has 9 heavy (non-hydrogen) atoms. The third-order valence-corrected chi connectivity index (χ3v) is 1.52. The van der Waals surface area contributed by atoms with Crippen LogP contribution in [0.25, 0.3) is 0 Å². The second-order valence-electron chi connectivity index (χ2n) is 2.33. The highest BCUT2D eigenvalue weighted by Crippen LogP contribution is 2.29. The van der Waals surface area contributed by atoms with E-state index in [4.69, 9.17) is 9.46 Å². The van der Waals surface area contributed by atoms with E-state index in [-0.39, 0.29) is 13.0 Å². The Hall–Kier alpha value is 0.310. The summed E-state index contributed by atoms with van der Waals surface area (Å²) in [6.07, 6.45) is 0. The van der Waals surface area contributed by atoms with E-state index in [1.165, 1.54) is 0 Å². The molecule has 0 aromatic carbocycles. The fourth-order valence-corrected chi connectivity index (χ4v) is 1.28. The predicted molar refractivity (Wildman–Crippen MR) is 39.0 cm³/mol. The molecule has 0 aromatic rings. The normalized spacial score (nSPS) is 12.7. The van der Waals surface area contributed by atoms with Gasteiger partial charge in [0.15, 0.2) is 0 Å². The quantitative estimate of drug-likeness (QED) is 0.344. The fourth-order valence-electron chi connectivity index (χ4n) is 0.427. The predicted octanol–water partition coefficient (Wildman–Crippen LogP) is 1.21. The molecule has 0 heterocycles. The van der Waals surface area contributed by atoms with Gasteiger partial charge in [0.2, 0.25) is 0 Å². The van der Waals surface area contributed by atoms with Crippen molar-refractivity contribution >= 4 is 8.15 Å². The van der Waals surface area contributed by atoms with Crippen molar-refractivity contribution in [3.05, 3.63) is 0 Å². The number of hydroxylamine groups is 4. The van der Waals surface area contributed by atoms with E-state index in [9.17, 15) is 0 Å². The van der Waals surface area contributed by atoms with Gasteiger partial charge in [-0.15, -0.1) is 0 Å². The third kappa shape index (κ3) is 4.79. The Morgan fingerprint density at radius 1 is 1.22 bits per heavy atom. The summed E-state index contributed by atoms with van der Waals surface area (Å²) in [6, 6.07) is 0. The first-order chi connectivity index (χ1) is 3.98. The summed E-state index contributed by atoms with van der Waals surface area (Å²) in [5, 5.41) is 0. The van der Waals surface area contributed by atoms with Crippen LogP contribution in [0, 0.1) is 0 Å². The van der Waals surface area contributed by atoms with Gasteiger partial charge in [-0.1, -0.05) is 0 Å². The Kier molecular flexibility index (Phi) is 3.59. The van der Waals surface area contributed by atoms with E-state index in [2.05, 4.69) is 0 Å². The van der Waals surface area contributed by atoms with E-state index >= 15 is 0 Å². The van der Waals surface area contributed by atoms with Crippen LogP contribution < -0.4 is 0 Å². The largest absolute Gasteiger partial charge is 0.172 e. The molecule has 0 bridgehead atoms. The minimum Gasteiger partial charge on any atom is -0.172 e. The Morgan fingerprint density at radius 2 is 1.67 bits per heavy atom. The third-order valence-electron chi connectivity index (χ3n) is 0.800. The molecule has 0 aliphatic carbocycles. The lowest BCUT2D eigenvalue weighted by Gasteiger charge is -2.23. The zero-order valence-corrected chi connectivity index (χ0v) is 7.61. The van der Waals surface area contributed by atoms with E-state index < -0.39 is 0 Å². The maximum Gasteiger partial charge on any atom is 0.132 e. The van der Waals surface area contributed by atoms with E-state index in [0.29, 0.717) is 0 Å². The lowest BCUT2D eigenvalue weighted by Crippen LogP contribution is -2.36. The lowest BCUT2D eigenvalue weighted by atomic mass is 11.2. The summed E-state index contributed by atoms with van der Waals surface area (Å²) >= 11 is 0. The molecule has 0 spiro atoms. The molecule has 0 aromatic heterocycles. The SMILES string of the molecule is CO[N+](C)(C)OP(C)C. The molecule has 4 heteroatoms. The van der Waals surface area contributed by atoms with Gasteiger partial charge in [0.05, 0.1) is 15.3 Å². The Labute approximate surface area is 57.9 Å². The fraction of sp³-hybridized carbons (Fsp3) is 1.00. The molecular formula is C5H15NO2P+. The van der Waals surface area contributed by atoms with E-state index in [1.54, 1.807) is 7.11 Å². The summed E-state index contributed by atoms with van der Waals surface area (Å²) in [5.41, 5.74) is 0. The molecule has 0 unspecified atom stereocenters. The molecule has 3 nitrogen and oxygen atoms in total. The van der Waals surface area contributed by atoms with Crippen LogP contribution in [0.1, 0.15) is 0 Å². The number of nitrogens with zero attached hydrogens (tertiary/aromatic N) is 1. The average Bonchev–Trinajstić information content (AvgIpc) is 1.63. The van der Waals surface area contributed by atoms with Crippen molar-refractivity contribution in [1.82, 2.24) is 0 Å². The summed E-state index contributed by atoms with van der Waals surface area (Å²) in [5.74, 6) is 0. The van der Waals surface area contributed by atoms with Crippen LogP contribution in [0.4, 0.5) is 0 Å². The zero-order chi connectivity index (χ0) is 7.49. The molecule has 0 saturated heterocycles. The highest BCUT2D eigenvalue weighted by atomic mass is 31.1. The van der Waals surface area contributed by atoms with Crippen molar-refractivity contribution in [1.29, 1.82) is 0 Å². The molecule has 0 fully saturated rings. The molecule has 0 N–H and O–H groups in total. The van der Waals surface area contributed by atoms with Crippen molar-refractivity contribution < 1.29 is 14.3 Å². The molecular weight excluding hydrogens is 137 g/mol. The smallest absolute Gasteiger partial charge is 0.132 e. The van der Waals surface area contributed by atoms with Crippen LogP contribution in [0.15, 0.2) is 0 Å². The van der Waals surface area contributed by atoms with Crippen molar-refractivity contribution in [2.75, 3.05) is 34.5 Å². The molecule has 0 aliphatic heterocycles. The van der Waals surface area contributed by atoms with Gasteiger partial charge in [0, 0.05) is 0 Å². The summed E-state index contributed by atoms with van der Waals surface area (Å²) < 4.78 is 5.37. The molecule has 0 radical (unpaired) electrons. The van der Waals surface area contributed by atoms with Gasteiger partial charge < -0.3 is 0 Å². The maximum absolute atomic E-state index is 5.37. The van der Waals surface area contributed by atoms with Crippen LogP contribution >= 0.6 is 8.15 Å². The standard InChI is InChI=1S/C5H15NO2P/c1-6(2,7-3)8-9(4)5/h1-5H3/q+1. The van der Waals surface area contributed by atoms with Gasteiger partial charge in [-0.2, -0.15) is 9.46 Å². The van der Waals surface area contributed by atoms with Crippen molar-refractivity contribution in [2.45, 2.75) is 0 Å². The van der Waals surface area contributed by atoms with Crippen molar-refractivity contribution in [2.24, 2.45) is 0 Å². The number of rotatable bonds is 3. The van der Waals surface area contributed by atoms with Gasteiger partial charge in [-0.05, 0) is 18.1 Å². The number of hydrogen-bond donors (Lipinski definition) is 0. The van der Waals surface area contributed by atoms with Gasteiger partial charge >= 0.3 is 0 Å². The summed E-state index contributed by atoms with van der Waals surface area (Å²) in [4.78, 5) is 5.16. The minimum absolute atomic E-state index is 0.179. The summed E-state index contributed by atoms with van der Waals surface area (Å²) in [7, 11) is 4.98. The summed E-state index contributed by atoms with van der Waals surface area (Å²) in [6.45, 7) is 4.07. The Balaban J connectivity index is 3.58. The average molecular weight is 152 g/mol. The topological polar surface area (TPSA) is 18.5 Å². The first-order valence-corrected chi connectivity index (χ1v) is 4.90. The van der Waals surface area contributed by atoms with Crippen LogP contribution in [0.3, 0.4) is 0 Å². The Morgan fingerprint density at radius 3 is 1.78 bits per heavy atom. The van der Waals surface area contributed by atoms with E-state index in [1.807, 2.05) is 27.4 Å². The lowest BCUT2D eigenvalue weighted by molar-refractivity contribution is -1.20. The number of hydrogen-bond acceptors (Lipinski definition) is 2. The molecule has 0 aliphatic rings. The molecule has 0 amide bonds. The van der Waals surface area contributed by atoms with Gasteiger partial charge in [-0.25, -0.2) is 0 Å². The van der Waals surface area contributed by atoms with Gasteiger partial charge in [0.25, 0.3) is 0 Å². The van der Waals surface area contributed by atoms with E-state index in [0.717, 1.165) is 0 Å². The Bertz CT molecular complexity index is 85.0. The second-order valence-corrected chi connectivity index (χ2v) is 4.12. The molecule has 0 rings (SSSR count). The maximum atomic E-state index is 5.37. The highest BCUT2D eigenvalue weighted by Gasteiger charge is 2.17.